The number of ether oxygens (including phenoxy) is 1. The van der Waals surface area contributed by atoms with E-state index in [1.165, 1.54) is 0 Å². The predicted molar refractivity (Wildman–Crippen MR) is 47.7 cm³/mol. The molecule has 0 atom stereocenters. The van der Waals surface area contributed by atoms with Crippen LogP contribution < -0.4 is 0 Å². The Morgan fingerprint density at radius 3 is 1.75 bits per heavy atom. The maximum atomic E-state index is 5.16. The summed E-state index contributed by atoms with van der Waals surface area (Å²) in [6, 6.07) is 0.479. The summed E-state index contributed by atoms with van der Waals surface area (Å²) in [6.45, 7) is 3.67. The average molecular weight is 192 g/mol. The molecule has 0 N–H and O–H groups in total. The summed E-state index contributed by atoms with van der Waals surface area (Å²) in [7, 11) is 3.71. The summed E-state index contributed by atoms with van der Waals surface area (Å²) in [4.78, 5) is 0. The van der Waals surface area contributed by atoms with Gasteiger partial charge in [-0.2, -0.15) is 0 Å². The third kappa shape index (κ3) is 2.94. The quantitative estimate of drug-likeness (QED) is 0.465. The van der Waals surface area contributed by atoms with Gasteiger partial charge >= 0.3 is 8.80 Å². The van der Waals surface area contributed by atoms with Gasteiger partial charge in [0.2, 0.25) is 0 Å². The zero-order valence-electron chi connectivity index (χ0n) is 8.05. The lowest BCUT2D eigenvalue weighted by Crippen LogP contribution is -2.43. The van der Waals surface area contributed by atoms with Crippen LogP contribution in [0.2, 0.25) is 6.04 Å². The molecule has 0 rings (SSSR count). The highest BCUT2D eigenvalue weighted by Gasteiger charge is 2.38. The Kier molecular flexibility index (Phi) is 5.15. The molecule has 5 heteroatoms. The summed E-state index contributed by atoms with van der Waals surface area (Å²) in [5.41, 5.74) is 0. The minimum Gasteiger partial charge on any atom is -0.502 e. The van der Waals surface area contributed by atoms with Gasteiger partial charge in [0.25, 0.3) is 0 Å². The van der Waals surface area contributed by atoms with Crippen LogP contribution in [0.1, 0.15) is 0 Å². The fraction of sp³-hybridized carbons (Fsp3) is 0.714. The van der Waals surface area contributed by atoms with Crippen LogP contribution in [0.5, 0.6) is 0 Å². The van der Waals surface area contributed by atoms with Crippen molar-refractivity contribution < 1.29 is 18.0 Å². The van der Waals surface area contributed by atoms with Gasteiger partial charge in [0.1, 0.15) is 0 Å². The molecule has 0 saturated carbocycles. The molecule has 0 aliphatic carbocycles. The normalized spacial score (nSPS) is 11.3. The molecule has 72 valence electrons. The molecule has 0 fully saturated rings. The van der Waals surface area contributed by atoms with E-state index in [1.54, 1.807) is 28.4 Å². The first-order valence-corrected chi connectivity index (χ1v) is 5.44. The van der Waals surface area contributed by atoms with Gasteiger partial charge in [-0.15, -0.1) is 0 Å². The standard InChI is InChI=1S/C7H16O4Si/c1-7(8-2)6-12(9-3,10-4)11-5/h1,6H2,2-5H3. The molecule has 0 aliphatic heterocycles. The van der Waals surface area contributed by atoms with Crippen molar-refractivity contribution >= 4 is 8.80 Å². The zero-order chi connectivity index (χ0) is 9.61. The Morgan fingerprint density at radius 1 is 1.08 bits per heavy atom. The van der Waals surface area contributed by atoms with Crippen molar-refractivity contribution in [3.05, 3.63) is 12.3 Å². The van der Waals surface area contributed by atoms with E-state index in [9.17, 15) is 0 Å². The van der Waals surface area contributed by atoms with Crippen molar-refractivity contribution in [3.63, 3.8) is 0 Å². The molecule has 12 heavy (non-hydrogen) atoms. The maximum Gasteiger partial charge on any atom is 0.507 e. The van der Waals surface area contributed by atoms with E-state index in [4.69, 9.17) is 18.0 Å². The van der Waals surface area contributed by atoms with E-state index in [0.29, 0.717) is 11.8 Å². The van der Waals surface area contributed by atoms with Crippen LogP contribution in [0, 0.1) is 0 Å². The van der Waals surface area contributed by atoms with Gasteiger partial charge in [0, 0.05) is 21.3 Å². The van der Waals surface area contributed by atoms with E-state index in [1.807, 2.05) is 0 Å². The molecule has 0 aromatic carbocycles. The first-order chi connectivity index (χ1) is 5.64. The van der Waals surface area contributed by atoms with E-state index in [-0.39, 0.29) is 0 Å². The highest BCUT2D eigenvalue weighted by molar-refractivity contribution is 6.61. The van der Waals surface area contributed by atoms with Gasteiger partial charge in [-0.05, 0) is 0 Å². The molecule has 0 aromatic rings. The lowest BCUT2D eigenvalue weighted by atomic mass is 10.7. The molecule has 0 radical (unpaired) electrons. The minimum atomic E-state index is -2.53. The van der Waals surface area contributed by atoms with E-state index < -0.39 is 8.80 Å². The Morgan fingerprint density at radius 2 is 1.50 bits per heavy atom. The topological polar surface area (TPSA) is 36.9 Å². The highest BCUT2D eigenvalue weighted by Crippen LogP contribution is 2.17. The molecule has 0 saturated heterocycles. The van der Waals surface area contributed by atoms with Gasteiger partial charge in [-0.3, -0.25) is 0 Å². The summed E-state index contributed by atoms with van der Waals surface area (Å²) in [5.74, 6) is 0.604. The third-order valence-corrected chi connectivity index (χ3v) is 4.33. The van der Waals surface area contributed by atoms with Crippen LogP contribution in [0.3, 0.4) is 0 Å². The summed E-state index contributed by atoms with van der Waals surface area (Å²) < 4.78 is 20.4. The predicted octanol–water partition coefficient (Wildman–Crippen LogP) is 1.02. The fourth-order valence-corrected chi connectivity index (χ4v) is 2.34. The second-order valence-electron chi connectivity index (χ2n) is 2.21. The summed E-state index contributed by atoms with van der Waals surface area (Å²) in [5, 5.41) is 0. The Balaban J connectivity index is 4.19. The van der Waals surface area contributed by atoms with Gasteiger partial charge < -0.3 is 18.0 Å². The van der Waals surface area contributed by atoms with Crippen LogP contribution in [0.25, 0.3) is 0 Å². The van der Waals surface area contributed by atoms with Crippen LogP contribution in [0.4, 0.5) is 0 Å². The van der Waals surface area contributed by atoms with Crippen molar-refractivity contribution in [3.8, 4) is 0 Å². The lowest BCUT2D eigenvalue weighted by Gasteiger charge is -2.24. The number of hydrogen-bond acceptors (Lipinski definition) is 4. The summed E-state index contributed by atoms with van der Waals surface area (Å²) >= 11 is 0. The van der Waals surface area contributed by atoms with Crippen LogP contribution in [-0.4, -0.2) is 37.2 Å². The second-order valence-corrected chi connectivity index (χ2v) is 5.16. The molecule has 4 nitrogen and oxygen atoms in total. The molecular formula is C7H16O4Si. The van der Waals surface area contributed by atoms with E-state index in [2.05, 4.69) is 6.58 Å². The van der Waals surface area contributed by atoms with Gasteiger partial charge in [-0.25, -0.2) is 0 Å². The van der Waals surface area contributed by atoms with Crippen molar-refractivity contribution in [2.75, 3.05) is 28.4 Å². The fourth-order valence-electron chi connectivity index (χ4n) is 0.780. The van der Waals surface area contributed by atoms with E-state index >= 15 is 0 Å². The Bertz CT molecular complexity index is 136. The van der Waals surface area contributed by atoms with Crippen LogP contribution in [-0.2, 0) is 18.0 Å². The zero-order valence-corrected chi connectivity index (χ0v) is 9.05. The third-order valence-electron chi connectivity index (χ3n) is 1.64. The molecule has 0 heterocycles. The maximum absolute atomic E-state index is 5.16. The number of hydrogen-bond donors (Lipinski definition) is 0. The monoisotopic (exact) mass is 192 g/mol. The van der Waals surface area contributed by atoms with Crippen LogP contribution >= 0.6 is 0 Å². The smallest absolute Gasteiger partial charge is 0.502 e. The molecule has 0 aliphatic rings. The van der Waals surface area contributed by atoms with Gasteiger partial charge in [-0.1, -0.05) is 6.58 Å². The molecule has 0 unspecified atom stereocenters. The lowest BCUT2D eigenvalue weighted by molar-refractivity contribution is 0.120. The number of allylic oxidation sites excluding steroid dienone is 1. The number of rotatable bonds is 6. The van der Waals surface area contributed by atoms with Gasteiger partial charge in [0.05, 0.1) is 18.9 Å². The first kappa shape index (κ1) is 11.6. The molecule has 0 amide bonds. The first-order valence-electron chi connectivity index (χ1n) is 3.51. The largest absolute Gasteiger partial charge is 0.507 e. The average Bonchev–Trinajstić information content (AvgIpc) is 2.14. The molecule has 0 spiro atoms. The SMILES string of the molecule is C=C(C[Si](OC)(OC)OC)OC. The minimum absolute atomic E-state index is 0.479. The van der Waals surface area contributed by atoms with Crippen LogP contribution in [0.15, 0.2) is 12.3 Å². The Labute approximate surface area is 74.4 Å². The Hall–Kier alpha value is -0.363. The molecule has 0 aromatic heterocycles. The molecular weight excluding hydrogens is 176 g/mol. The summed E-state index contributed by atoms with van der Waals surface area (Å²) in [6.07, 6.45) is 0. The van der Waals surface area contributed by atoms with Crippen molar-refractivity contribution in [1.82, 2.24) is 0 Å². The highest BCUT2D eigenvalue weighted by atomic mass is 28.4. The van der Waals surface area contributed by atoms with Crippen molar-refractivity contribution in [2.45, 2.75) is 6.04 Å². The number of methoxy groups -OCH3 is 1. The van der Waals surface area contributed by atoms with E-state index in [0.717, 1.165) is 0 Å². The van der Waals surface area contributed by atoms with Gasteiger partial charge in [0.15, 0.2) is 0 Å². The second kappa shape index (κ2) is 5.31. The molecule has 0 bridgehead atoms. The van der Waals surface area contributed by atoms with Crippen molar-refractivity contribution in [2.24, 2.45) is 0 Å². The van der Waals surface area contributed by atoms with Crippen molar-refractivity contribution in [1.29, 1.82) is 0 Å².